The zero-order valence-corrected chi connectivity index (χ0v) is 11.3. The van der Waals surface area contributed by atoms with E-state index in [0.29, 0.717) is 4.90 Å². The third kappa shape index (κ3) is 3.07. The molecule has 82 valence electrons. The van der Waals surface area contributed by atoms with Crippen LogP contribution in [0, 0.1) is 9.39 Å². The molecule has 1 aromatic carbocycles. The van der Waals surface area contributed by atoms with Gasteiger partial charge in [-0.15, -0.1) is 11.8 Å². The Morgan fingerprint density at radius 2 is 2.27 bits per heavy atom. The van der Waals surface area contributed by atoms with Crippen LogP contribution in [0.2, 0.25) is 0 Å². The third-order valence-corrected chi connectivity index (χ3v) is 3.08. The number of carbonyl (C=O) groups is 1. The summed E-state index contributed by atoms with van der Waals surface area (Å²) in [6.07, 6.45) is 1.77. The van der Waals surface area contributed by atoms with Crippen LogP contribution in [-0.4, -0.2) is 18.8 Å². The van der Waals surface area contributed by atoms with E-state index >= 15 is 0 Å². The van der Waals surface area contributed by atoms with Crippen molar-refractivity contribution in [3.05, 3.63) is 27.1 Å². The average molecular weight is 340 g/mol. The number of hydrogen-bond donors (Lipinski definition) is 0. The fraction of sp³-hybridized carbons (Fsp3) is 0.300. The van der Waals surface area contributed by atoms with E-state index in [-0.39, 0.29) is 12.2 Å². The Kier molecular flexibility index (Phi) is 4.85. The monoisotopic (exact) mass is 340 g/mol. The summed E-state index contributed by atoms with van der Waals surface area (Å²) in [5, 5.41) is 0. The van der Waals surface area contributed by atoms with Gasteiger partial charge in [-0.3, -0.25) is 0 Å². The molecule has 0 radical (unpaired) electrons. The molecule has 0 saturated carbocycles. The number of carbonyl (C=O) groups excluding carboxylic acids is 1. The van der Waals surface area contributed by atoms with Crippen LogP contribution in [0.15, 0.2) is 17.0 Å². The van der Waals surface area contributed by atoms with Gasteiger partial charge in [-0.25, -0.2) is 9.18 Å². The first-order valence-electron chi connectivity index (χ1n) is 4.30. The summed E-state index contributed by atoms with van der Waals surface area (Å²) in [5.41, 5.74) is 0.00750. The van der Waals surface area contributed by atoms with Crippen molar-refractivity contribution in [1.82, 2.24) is 0 Å². The van der Waals surface area contributed by atoms with Crippen molar-refractivity contribution in [3.63, 3.8) is 0 Å². The van der Waals surface area contributed by atoms with Gasteiger partial charge in [0.1, 0.15) is 0 Å². The second-order valence-corrected chi connectivity index (χ2v) is 4.78. The van der Waals surface area contributed by atoms with Gasteiger partial charge in [0.05, 0.1) is 12.2 Å². The van der Waals surface area contributed by atoms with E-state index in [9.17, 15) is 9.18 Å². The van der Waals surface area contributed by atoms with Crippen LogP contribution < -0.4 is 0 Å². The van der Waals surface area contributed by atoms with E-state index in [1.165, 1.54) is 17.8 Å². The normalized spacial score (nSPS) is 10.1. The molecule has 0 aliphatic carbocycles. The number of thioether (sulfide) groups is 1. The minimum atomic E-state index is -0.608. The van der Waals surface area contributed by atoms with Crippen LogP contribution >= 0.6 is 34.4 Å². The van der Waals surface area contributed by atoms with E-state index < -0.39 is 11.8 Å². The smallest absolute Gasteiger partial charge is 0.341 e. The highest BCUT2D eigenvalue weighted by Crippen LogP contribution is 2.25. The number of ether oxygens (including phenoxy) is 1. The molecule has 0 amide bonds. The third-order valence-electron chi connectivity index (χ3n) is 1.72. The Bertz CT molecular complexity index is 382. The lowest BCUT2D eigenvalue weighted by atomic mass is 10.2. The average Bonchev–Trinajstić information content (AvgIpc) is 2.21. The first-order valence-corrected chi connectivity index (χ1v) is 6.60. The summed E-state index contributed by atoms with van der Waals surface area (Å²) in [5.74, 6) is -1.11. The minimum absolute atomic E-state index is 0.00750. The Labute approximate surface area is 106 Å². The van der Waals surface area contributed by atoms with Crippen molar-refractivity contribution in [1.29, 1.82) is 0 Å². The van der Waals surface area contributed by atoms with E-state index in [0.717, 1.165) is 3.57 Å². The lowest BCUT2D eigenvalue weighted by Crippen LogP contribution is -2.08. The zero-order valence-electron chi connectivity index (χ0n) is 8.34. The van der Waals surface area contributed by atoms with Crippen LogP contribution in [0.25, 0.3) is 0 Å². The fourth-order valence-corrected chi connectivity index (χ4v) is 2.44. The number of benzene rings is 1. The number of rotatable bonds is 3. The number of hydrogen-bond acceptors (Lipinski definition) is 3. The molecule has 2 nitrogen and oxygen atoms in total. The second kappa shape index (κ2) is 5.69. The number of esters is 1. The van der Waals surface area contributed by atoms with Gasteiger partial charge in [0, 0.05) is 8.47 Å². The summed E-state index contributed by atoms with van der Waals surface area (Å²) < 4.78 is 19.3. The van der Waals surface area contributed by atoms with E-state index in [1.807, 2.05) is 22.6 Å². The molecule has 0 aliphatic heterocycles. The van der Waals surface area contributed by atoms with Crippen molar-refractivity contribution in [2.75, 3.05) is 12.9 Å². The maximum Gasteiger partial charge on any atom is 0.341 e. The molecular weight excluding hydrogens is 330 g/mol. The van der Waals surface area contributed by atoms with Gasteiger partial charge in [-0.1, -0.05) is 0 Å². The molecule has 0 atom stereocenters. The predicted octanol–water partition coefficient (Wildman–Crippen LogP) is 3.33. The predicted molar refractivity (Wildman–Crippen MR) is 66.9 cm³/mol. The Hall–Kier alpha value is -0.300. The highest BCUT2D eigenvalue weighted by molar-refractivity contribution is 14.1. The summed E-state index contributed by atoms with van der Waals surface area (Å²) in [6, 6.07) is 3.19. The molecule has 0 spiro atoms. The zero-order chi connectivity index (χ0) is 11.4. The molecule has 0 unspecified atom stereocenters. The summed E-state index contributed by atoms with van der Waals surface area (Å²) in [6.45, 7) is 1.94. The van der Waals surface area contributed by atoms with Gasteiger partial charge < -0.3 is 4.74 Å². The molecule has 0 aliphatic rings. The summed E-state index contributed by atoms with van der Waals surface area (Å²) in [4.78, 5) is 11.9. The Balaban J connectivity index is 3.17. The van der Waals surface area contributed by atoms with E-state index in [1.54, 1.807) is 19.2 Å². The van der Waals surface area contributed by atoms with Crippen molar-refractivity contribution < 1.29 is 13.9 Å². The molecule has 0 fully saturated rings. The molecule has 1 aromatic rings. The summed E-state index contributed by atoms with van der Waals surface area (Å²) in [7, 11) is 0. The van der Waals surface area contributed by atoms with Gasteiger partial charge in [0.2, 0.25) is 0 Å². The first kappa shape index (κ1) is 12.8. The Morgan fingerprint density at radius 3 is 2.80 bits per heavy atom. The first-order chi connectivity index (χ1) is 7.10. The topological polar surface area (TPSA) is 26.3 Å². The van der Waals surface area contributed by atoms with Gasteiger partial charge in [0.15, 0.2) is 5.82 Å². The van der Waals surface area contributed by atoms with Gasteiger partial charge in [0.25, 0.3) is 0 Å². The molecule has 1 rings (SSSR count). The molecule has 0 bridgehead atoms. The lowest BCUT2D eigenvalue weighted by Gasteiger charge is -2.07. The number of halogens is 2. The largest absolute Gasteiger partial charge is 0.462 e. The lowest BCUT2D eigenvalue weighted by molar-refractivity contribution is 0.0520. The molecular formula is C10H10FIO2S. The van der Waals surface area contributed by atoms with Crippen LogP contribution in [0.1, 0.15) is 17.3 Å². The molecule has 0 aromatic heterocycles. The van der Waals surface area contributed by atoms with Crippen LogP contribution in [0.4, 0.5) is 4.39 Å². The van der Waals surface area contributed by atoms with Crippen molar-refractivity contribution in [2.24, 2.45) is 0 Å². The molecule has 5 heteroatoms. The van der Waals surface area contributed by atoms with Gasteiger partial charge in [-0.05, 0) is 47.9 Å². The second-order valence-electron chi connectivity index (χ2n) is 2.69. The van der Waals surface area contributed by atoms with Crippen LogP contribution in [0.3, 0.4) is 0 Å². The minimum Gasteiger partial charge on any atom is -0.462 e. The van der Waals surface area contributed by atoms with E-state index in [2.05, 4.69) is 0 Å². The standard InChI is InChI=1S/C10H10FIO2S/c1-3-14-10(13)7-4-6(12)5-8(15-2)9(7)11/h4-5H,3H2,1-2H3. The quantitative estimate of drug-likeness (QED) is 0.480. The summed E-state index contributed by atoms with van der Waals surface area (Å²) >= 11 is 3.32. The van der Waals surface area contributed by atoms with Gasteiger partial charge in [-0.2, -0.15) is 0 Å². The highest BCUT2D eigenvalue weighted by Gasteiger charge is 2.16. The fourth-order valence-electron chi connectivity index (χ4n) is 1.07. The maximum atomic E-state index is 13.7. The SMILES string of the molecule is CCOC(=O)c1cc(I)cc(SC)c1F. The van der Waals surface area contributed by atoms with Gasteiger partial charge >= 0.3 is 5.97 Å². The maximum absolute atomic E-state index is 13.7. The molecule has 15 heavy (non-hydrogen) atoms. The van der Waals surface area contributed by atoms with E-state index in [4.69, 9.17) is 4.74 Å². The van der Waals surface area contributed by atoms with Crippen LogP contribution in [-0.2, 0) is 4.74 Å². The van der Waals surface area contributed by atoms with Crippen molar-refractivity contribution in [2.45, 2.75) is 11.8 Å². The Morgan fingerprint density at radius 1 is 1.60 bits per heavy atom. The molecule has 0 heterocycles. The van der Waals surface area contributed by atoms with Crippen molar-refractivity contribution in [3.8, 4) is 0 Å². The highest BCUT2D eigenvalue weighted by atomic mass is 127. The molecule has 0 saturated heterocycles. The molecule has 0 N–H and O–H groups in total. The van der Waals surface area contributed by atoms with Crippen LogP contribution in [0.5, 0.6) is 0 Å². The van der Waals surface area contributed by atoms with Crippen molar-refractivity contribution >= 4 is 40.3 Å².